The molecular weight excluding hydrogens is 228 g/mol. The molecule has 4 nitrogen and oxygen atoms in total. The molecule has 18 heavy (non-hydrogen) atoms. The highest BCUT2D eigenvalue weighted by Gasteiger charge is 2.05. The van der Waals surface area contributed by atoms with Crippen LogP contribution >= 0.6 is 0 Å². The van der Waals surface area contributed by atoms with E-state index >= 15 is 0 Å². The highest BCUT2D eigenvalue weighted by atomic mass is 16.5. The predicted octanol–water partition coefficient (Wildman–Crippen LogP) is 2.95. The number of anilines is 1. The van der Waals surface area contributed by atoms with Gasteiger partial charge in [-0.2, -0.15) is 0 Å². The van der Waals surface area contributed by atoms with Crippen LogP contribution in [-0.2, 0) is 6.54 Å². The molecule has 0 aliphatic rings. The van der Waals surface area contributed by atoms with Gasteiger partial charge < -0.3 is 19.8 Å². The van der Waals surface area contributed by atoms with Gasteiger partial charge in [0, 0.05) is 24.4 Å². The number of aromatic nitrogens is 1. The summed E-state index contributed by atoms with van der Waals surface area (Å²) >= 11 is 0. The molecule has 0 saturated heterocycles. The third-order valence-electron chi connectivity index (χ3n) is 2.91. The molecule has 2 rings (SSSR count). The van der Waals surface area contributed by atoms with Crippen molar-refractivity contribution in [1.82, 2.24) is 4.98 Å². The molecule has 0 bridgehead atoms. The maximum Gasteiger partial charge on any atom is 0.127 e. The Hall–Kier alpha value is -2.10. The maximum absolute atomic E-state index is 5.36. The topological polar surface area (TPSA) is 46.3 Å². The van der Waals surface area contributed by atoms with Crippen molar-refractivity contribution in [2.45, 2.75) is 13.5 Å². The predicted molar refractivity (Wildman–Crippen MR) is 72.4 cm³/mol. The number of aromatic amines is 1. The van der Waals surface area contributed by atoms with Crippen LogP contribution in [0, 0.1) is 6.92 Å². The average Bonchev–Trinajstić information content (AvgIpc) is 2.81. The van der Waals surface area contributed by atoms with E-state index in [0.29, 0.717) is 6.54 Å². The lowest BCUT2D eigenvalue weighted by molar-refractivity contribution is 0.391. The third-order valence-corrected chi connectivity index (χ3v) is 2.91. The van der Waals surface area contributed by atoms with E-state index in [1.807, 2.05) is 30.5 Å². The monoisotopic (exact) mass is 246 g/mol. The van der Waals surface area contributed by atoms with Crippen molar-refractivity contribution < 1.29 is 9.47 Å². The number of nitrogens with one attached hydrogen (secondary N) is 2. The average molecular weight is 246 g/mol. The zero-order chi connectivity index (χ0) is 13.0. The summed E-state index contributed by atoms with van der Waals surface area (Å²) in [6.07, 6.45) is 1.92. The quantitative estimate of drug-likeness (QED) is 0.852. The van der Waals surface area contributed by atoms with Gasteiger partial charge in [0.25, 0.3) is 0 Å². The first kappa shape index (κ1) is 12.4. The SMILES string of the molecule is COc1ccc(CNc2[nH]ccc2C)c(OC)c1. The summed E-state index contributed by atoms with van der Waals surface area (Å²) in [4.78, 5) is 3.16. The van der Waals surface area contributed by atoms with Gasteiger partial charge in [0.05, 0.1) is 14.2 Å². The van der Waals surface area contributed by atoms with Gasteiger partial charge in [-0.3, -0.25) is 0 Å². The van der Waals surface area contributed by atoms with Crippen LogP contribution < -0.4 is 14.8 Å². The van der Waals surface area contributed by atoms with Crippen LogP contribution in [0.1, 0.15) is 11.1 Å². The summed E-state index contributed by atoms with van der Waals surface area (Å²) in [5.41, 5.74) is 2.29. The van der Waals surface area contributed by atoms with E-state index in [2.05, 4.69) is 17.2 Å². The number of hydrogen-bond donors (Lipinski definition) is 2. The second-order valence-electron chi connectivity index (χ2n) is 4.07. The van der Waals surface area contributed by atoms with Gasteiger partial charge in [0.2, 0.25) is 0 Å². The molecule has 0 atom stereocenters. The molecule has 2 aromatic rings. The van der Waals surface area contributed by atoms with Crippen molar-refractivity contribution in [2.75, 3.05) is 19.5 Å². The number of ether oxygens (including phenoxy) is 2. The standard InChI is InChI=1S/C14H18N2O2/c1-10-6-7-15-14(10)16-9-11-4-5-12(17-2)8-13(11)18-3/h4-8,15-16H,9H2,1-3H3. The van der Waals surface area contributed by atoms with Crippen molar-refractivity contribution in [3.8, 4) is 11.5 Å². The minimum Gasteiger partial charge on any atom is -0.497 e. The largest absolute Gasteiger partial charge is 0.497 e. The fourth-order valence-corrected chi connectivity index (χ4v) is 1.82. The Labute approximate surface area is 107 Å². The first-order chi connectivity index (χ1) is 8.74. The summed E-state index contributed by atoms with van der Waals surface area (Å²) < 4.78 is 10.5. The zero-order valence-electron chi connectivity index (χ0n) is 10.9. The molecule has 0 amide bonds. The Morgan fingerprint density at radius 3 is 2.61 bits per heavy atom. The van der Waals surface area contributed by atoms with Gasteiger partial charge in [-0.1, -0.05) is 0 Å². The smallest absolute Gasteiger partial charge is 0.127 e. The van der Waals surface area contributed by atoms with Crippen LogP contribution in [-0.4, -0.2) is 19.2 Å². The summed E-state index contributed by atoms with van der Waals surface area (Å²) in [6.45, 7) is 2.76. The Kier molecular flexibility index (Phi) is 3.77. The molecule has 1 aromatic heterocycles. The molecule has 4 heteroatoms. The van der Waals surface area contributed by atoms with E-state index in [0.717, 1.165) is 22.9 Å². The molecule has 0 saturated carbocycles. The van der Waals surface area contributed by atoms with Crippen molar-refractivity contribution in [3.05, 3.63) is 41.6 Å². The van der Waals surface area contributed by atoms with Gasteiger partial charge in [-0.25, -0.2) is 0 Å². The molecule has 1 aromatic carbocycles. The second-order valence-corrected chi connectivity index (χ2v) is 4.07. The van der Waals surface area contributed by atoms with Gasteiger partial charge in [0.15, 0.2) is 0 Å². The van der Waals surface area contributed by atoms with Crippen LogP contribution in [0.4, 0.5) is 5.82 Å². The van der Waals surface area contributed by atoms with E-state index in [-0.39, 0.29) is 0 Å². The lowest BCUT2D eigenvalue weighted by Gasteiger charge is -2.11. The highest BCUT2D eigenvalue weighted by Crippen LogP contribution is 2.25. The Morgan fingerprint density at radius 1 is 1.17 bits per heavy atom. The minimum atomic E-state index is 0.703. The minimum absolute atomic E-state index is 0.703. The highest BCUT2D eigenvalue weighted by molar-refractivity contribution is 5.47. The second kappa shape index (κ2) is 5.49. The fourth-order valence-electron chi connectivity index (χ4n) is 1.82. The van der Waals surface area contributed by atoms with Crippen molar-refractivity contribution >= 4 is 5.82 Å². The van der Waals surface area contributed by atoms with Gasteiger partial charge in [-0.15, -0.1) is 0 Å². The number of methoxy groups -OCH3 is 2. The summed E-state index contributed by atoms with van der Waals surface area (Å²) in [5.74, 6) is 2.66. The first-order valence-corrected chi connectivity index (χ1v) is 5.83. The molecule has 2 N–H and O–H groups in total. The fraction of sp³-hybridized carbons (Fsp3) is 0.286. The summed E-state index contributed by atoms with van der Waals surface area (Å²) in [5, 5.41) is 3.35. The third kappa shape index (κ3) is 2.59. The Morgan fingerprint density at radius 2 is 2.00 bits per heavy atom. The van der Waals surface area contributed by atoms with E-state index in [1.54, 1.807) is 14.2 Å². The van der Waals surface area contributed by atoms with E-state index in [9.17, 15) is 0 Å². The number of hydrogen-bond acceptors (Lipinski definition) is 3. The molecule has 0 fully saturated rings. The molecule has 0 spiro atoms. The molecule has 0 radical (unpaired) electrons. The number of H-pyrrole nitrogens is 1. The van der Waals surface area contributed by atoms with E-state index in [4.69, 9.17) is 9.47 Å². The van der Waals surface area contributed by atoms with Crippen molar-refractivity contribution in [3.63, 3.8) is 0 Å². The number of rotatable bonds is 5. The molecule has 0 unspecified atom stereocenters. The van der Waals surface area contributed by atoms with Gasteiger partial charge >= 0.3 is 0 Å². The van der Waals surface area contributed by atoms with Crippen molar-refractivity contribution in [2.24, 2.45) is 0 Å². The van der Waals surface area contributed by atoms with E-state index in [1.165, 1.54) is 5.56 Å². The lowest BCUT2D eigenvalue weighted by atomic mass is 10.2. The summed E-state index contributed by atoms with van der Waals surface area (Å²) in [7, 11) is 3.31. The van der Waals surface area contributed by atoms with Crippen LogP contribution in [0.3, 0.4) is 0 Å². The van der Waals surface area contributed by atoms with Crippen LogP contribution in [0.25, 0.3) is 0 Å². The molecule has 0 aliphatic heterocycles. The van der Waals surface area contributed by atoms with Crippen LogP contribution in [0.2, 0.25) is 0 Å². The molecule has 96 valence electrons. The van der Waals surface area contributed by atoms with E-state index < -0.39 is 0 Å². The molecule has 1 heterocycles. The zero-order valence-corrected chi connectivity index (χ0v) is 10.9. The number of benzene rings is 1. The van der Waals surface area contributed by atoms with Crippen molar-refractivity contribution in [1.29, 1.82) is 0 Å². The molecule has 0 aliphatic carbocycles. The first-order valence-electron chi connectivity index (χ1n) is 5.83. The normalized spacial score (nSPS) is 10.2. The van der Waals surface area contributed by atoms with Gasteiger partial charge in [0.1, 0.15) is 17.3 Å². The van der Waals surface area contributed by atoms with Crippen LogP contribution in [0.5, 0.6) is 11.5 Å². The maximum atomic E-state index is 5.36. The van der Waals surface area contributed by atoms with Crippen LogP contribution in [0.15, 0.2) is 30.5 Å². The molecular formula is C14H18N2O2. The Balaban J connectivity index is 2.11. The number of aryl methyl sites for hydroxylation is 1. The lowest BCUT2D eigenvalue weighted by Crippen LogP contribution is -2.03. The van der Waals surface area contributed by atoms with Gasteiger partial charge in [-0.05, 0) is 30.7 Å². The summed E-state index contributed by atoms with van der Waals surface area (Å²) in [6, 6.07) is 7.86. The Bertz CT molecular complexity index is 520.